The molecule has 8 heteroatoms. The van der Waals surface area contributed by atoms with E-state index in [4.69, 9.17) is 23.7 Å². The van der Waals surface area contributed by atoms with E-state index in [1.165, 1.54) is 13.2 Å². The highest BCUT2D eigenvalue weighted by Gasteiger charge is 2.30. The van der Waals surface area contributed by atoms with Gasteiger partial charge in [0, 0.05) is 17.9 Å². The fraction of sp³-hybridized carbons (Fsp3) is 0.500. The van der Waals surface area contributed by atoms with Gasteiger partial charge in [-0.15, -0.1) is 0 Å². The summed E-state index contributed by atoms with van der Waals surface area (Å²) in [5, 5.41) is 0. The number of halogens is 3. The standard InChI is InChI=1S/C24H29F3O5/c1-5-6-18-8-7-16(12-30-18)11-29-13-31-19-10-17-9-14(2)23(20(25)15(3)28-4)32-24(17)22(27)21(19)26/h10,16,18H,2-3,5-9,11-13H2,1,4H3/b23-20-. The van der Waals surface area contributed by atoms with Gasteiger partial charge in [-0.3, -0.25) is 0 Å². The third kappa shape index (κ3) is 5.48. The Morgan fingerprint density at radius 1 is 1.25 bits per heavy atom. The van der Waals surface area contributed by atoms with Crippen LogP contribution in [-0.4, -0.2) is 33.2 Å². The molecule has 0 radical (unpaired) electrons. The van der Waals surface area contributed by atoms with Crippen molar-refractivity contribution in [1.82, 2.24) is 0 Å². The second-order valence-electron chi connectivity index (χ2n) is 7.96. The molecule has 0 aliphatic carbocycles. The van der Waals surface area contributed by atoms with E-state index >= 15 is 0 Å². The van der Waals surface area contributed by atoms with Crippen molar-refractivity contribution < 1.29 is 36.9 Å². The number of benzene rings is 1. The molecule has 0 N–H and O–H groups in total. The summed E-state index contributed by atoms with van der Waals surface area (Å²) in [4.78, 5) is 0. The Balaban J connectivity index is 1.60. The van der Waals surface area contributed by atoms with Gasteiger partial charge in [-0.05, 0) is 30.9 Å². The van der Waals surface area contributed by atoms with E-state index < -0.39 is 23.2 Å². The van der Waals surface area contributed by atoms with Crippen LogP contribution in [0.5, 0.6) is 11.5 Å². The molecule has 2 aliphatic rings. The predicted octanol–water partition coefficient (Wildman–Crippen LogP) is 5.75. The number of allylic oxidation sites excluding steroid dienone is 2. The van der Waals surface area contributed by atoms with Gasteiger partial charge in [0.2, 0.25) is 17.5 Å². The van der Waals surface area contributed by atoms with E-state index in [0.29, 0.717) is 19.3 Å². The number of rotatable bonds is 9. The SMILES string of the molecule is C=C(OC)/C(F)=C1/Oc2c(cc(OCOCC3CCC(CCC)OC3)c(F)c2F)CC1=C. The summed E-state index contributed by atoms with van der Waals surface area (Å²) in [7, 11) is 1.23. The fourth-order valence-corrected chi connectivity index (χ4v) is 3.74. The minimum absolute atomic E-state index is 0.0435. The Hall–Kier alpha value is -2.45. The lowest BCUT2D eigenvalue weighted by Gasteiger charge is -2.28. The summed E-state index contributed by atoms with van der Waals surface area (Å²) in [6, 6.07) is 1.31. The molecule has 2 aliphatic heterocycles. The summed E-state index contributed by atoms with van der Waals surface area (Å²) in [5.41, 5.74) is 0.520. The molecule has 1 fully saturated rings. The Labute approximate surface area is 186 Å². The third-order valence-corrected chi connectivity index (χ3v) is 5.55. The Kier molecular flexibility index (Phi) is 8.26. The van der Waals surface area contributed by atoms with Gasteiger partial charge in [0.15, 0.2) is 29.8 Å². The lowest BCUT2D eigenvalue weighted by molar-refractivity contribution is -0.0658. The van der Waals surface area contributed by atoms with Crippen molar-refractivity contribution in [3.8, 4) is 11.5 Å². The summed E-state index contributed by atoms with van der Waals surface area (Å²) in [6.07, 6.45) is 4.49. The number of hydrogen-bond acceptors (Lipinski definition) is 5. The van der Waals surface area contributed by atoms with Crippen LogP contribution in [0, 0.1) is 17.6 Å². The van der Waals surface area contributed by atoms with E-state index in [1.54, 1.807) is 0 Å². The topological polar surface area (TPSA) is 46.2 Å². The molecule has 1 aromatic carbocycles. The largest absolute Gasteiger partial charge is 0.494 e. The summed E-state index contributed by atoms with van der Waals surface area (Å²) < 4.78 is 70.1. The van der Waals surface area contributed by atoms with Crippen LogP contribution in [0.3, 0.4) is 0 Å². The number of fused-ring (bicyclic) bond motifs is 1. The van der Waals surface area contributed by atoms with Gasteiger partial charge >= 0.3 is 0 Å². The normalized spacial score (nSPS) is 22.1. The third-order valence-electron chi connectivity index (χ3n) is 5.55. The van der Waals surface area contributed by atoms with E-state index in [9.17, 15) is 13.2 Å². The van der Waals surface area contributed by atoms with Crippen LogP contribution in [-0.2, 0) is 20.6 Å². The van der Waals surface area contributed by atoms with Crippen molar-refractivity contribution in [3.05, 3.63) is 59.3 Å². The molecule has 2 unspecified atom stereocenters. The summed E-state index contributed by atoms with van der Waals surface area (Å²) in [5.74, 6) is -4.57. The van der Waals surface area contributed by atoms with Crippen LogP contribution in [0.1, 0.15) is 38.2 Å². The van der Waals surface area contributed by atoms with Gasteiger partial charge in [-0.1, -0.05) is 26.5 Å². The van der Waals surface area contributed by atoms with Gasteiger partial charge in [-0.25, -0.2) is 0 Å². The zero-order valence-corrected chi connectivity index (χ0v) is 18.5. The lowest BCUT2D eigenvalue weighted by atomic mass is 9.97. The molecule has 0 saturated carbocycles. The van der Waals surface area contributed by atoms with Crippen molar-refractivity contribution in [2.24, 2.45) is 5.92 Å². The van der Waals surface area contributed by atoms with E-state index in [-0.39, 0.29) is 47.5 Å². The second kappa shape index (κ2) is 10.9. The van der Waals surface area contributed by atoms with Crippen molar-refractivity contribution in [2.45, 2.75) is 45.1 Å². The van der Waals surface area contributed by atoms with Gasteiger partial charge < -0.3 is 23.7 Å². The van der Waals surface area contributed by atoms with Gasteiger partial charge in [-0.2, -0.15) is 13.2 Å². The Morgan fingerprint density at radius 2 is 2.03 bits per heavy atom. The molecule has 2 heterocycles. The van der Waals surface area contributed by atoms with E-state index in [1.807, 2.05) is 0 Å². The maximum absolute atomic E-state index is 14.6. The van der Waals surface area contributed by atoms with Crippen LogP contribution in [0.15, 0.2) is 42.1 Å². The molecule has 3 rings (SSSR count). The summed E-state index contributed by atoms with van der Waals surface area (Å²) in [6.45, 7) is 10.1. The monoisotopic (exact) mass is 454 g/mol. The van der Waals surface area contributed by atoms with E-state index in [2.05, 4.69) is 20.1 Å². The molecule has 2 atom stereocenters. The maximum Gasteiger partial charge on any atom is 0.207 e. The highest BCUT2D eigenvalue weighted by atomic mass is 19.2. The molecule has 1 saturated heterocycles. The molecule has 0 aromatic heterocycles. The molecule has 5 nitrogen and oxygen atoms in total. The van der Waals surface area contributed by atoms with Crippen molar-refractivity contribution >= 4 is 0 Å². The van der Waals surface area contributed by atoms with Crippen molar-refractivity contribution in [2.75, 3.05) is 27.1 Å². The fourth-order valence-electron chi connectivity index (χ4n) is 3.74. The Bertz CT molecular complexity index is 888. The lowest BCUT2D eigenvalue weighted by Crippen LogP contribution is -2.29. The first kappa shape index (κ1) is 24.2. The molecule has 0 amide bonds. The molecule has 0 bridgehead atoms. The zero-order chi connectivity index (χ0) is 23.3. The van der Waals surface area contributed by atoms with Gasteiger partial charge in [0.25, 0.3) is 0 Å². The highest BCUT2D eigenvalue weighted by molar-refractivity contribution is 5.52. The average molecular weight is 454 g/mol. The van der Waals surface area contributed by atoms with Crippen molar-refractivity contribution in [3.63, 3.8) is 0 Å². The first-order valence-corrected chi connectivity index (χ1v) is 10.7. The number of methoxy groups -OCH3 is 1. The molecular weight excluding hydrogens is 425 g/mol. The van der Waals surface area contributed by atoms with E-state index in [0.717, 1.165) is 25.7 Å². The first-order valence-electron chi connectivity index (χ1n) is 10.7. The van der Waals surface area contributed by atoms with Crippen LogP contribution in [0.2, 0.25) is 0 Å². The van der Waals surface area contributed by atoms with Crippen LogP contribution < -0.4 is 9.47 Å². The summed E-state index contributed by atoms with van der Waals surface area (Å²) >= 11 is 0. The van der Waals surface area contributed by atoms with Gasteiger partial charge in [0.1, 0.15) is 0 Å². The first-order chi connectivity index (χ1) is 15.3. The average Bonchev–Trinajstić information content (AvgIpc) is 2.79. The van der Waals surface area contributed by atoms with Crippen LogP contribution in [0.25, 0.3) is 0 Å². The number of ether oxygens (including phenoxy) is 5. The maximum atomic E-state index is 14.6. The molecule has 32 heavy (non-hydrogen) atoms. The molecule has 1 aromatic rings. The van der Waals surface area contributed by atoms with Gasteiger partial charge in [0.05, 0.1) is 26.4 Å². The second-order valence-corrected chi connectivity index (χ2v) is 7.96. The smallest absolute Gasteiger partial charge is 0.207 e. The minimum atomic E-state index is -1.28. The minimum Gasteiger partial charge on any atom is -0.494 e. The van der Waals surface area contributed by atoms with Crippen LogP contribution >= 0.6 is 0 Å². The highest BCUT2D eigenvalue weighted by Crippen LogP contribution is 2.40. The molecular formula is C24H29F3O5. The zero-order valence-electron chi connectivity index (χ0n) is 18.5. The number of hydrogen-bond donors (Lipinski definition) is 0. The molecule has 0 spiro atoms. The Morgan fingerprint density at radius 3 is 2.69 bits per heavy atom. The quantitative estimate of drug-likeness (QED) is 0.270. The van der Waals surface area contributed by atoms with Crippen molar-refractivity contribution in [1.29, 1.82) is 0 Å². The van der Waals surface area contributed by atoms with Crippen LogP contribution in [0.4, 0.5) is 13.2 Å². The molecule has 176 valence electrons. The predicted molar refractivity (Wildman–Crippen MR) is 113 cm³/mol.